The molecule has 0 aromatic heterocycles. The maximum Gasteiger partial charge on any atom is 0.115 e. The van der Waals surface area contributed by atoms with Gasteiger partial charge in [0.2, 0.25) is 0 Å². The van der Waals surface area contributed by atoms with Gasteiger partial charge in [-0.2, -0.15) is 0 Å². The number of aromatic hydroxyl groups is 1. The van der Waals surface area contributed by atoms with Gasteiger partial charge in [0.05, 0.1) is 0 Å². The zero-order chi connectivity index (χ0) is 13.4. The van der Waals surface area contributed by atoms with Crippen LogP contribution in [0.2, 0.25) is 0 Å². The van der Waals surface area contributed by atoms with Crippen LogP contribution < -0.4 is 0 Å². The Morgan fingerprint density at radius 3 is 2.39 bits per heavy atom. The SMILES string of the molecule is CC(Cc1ccc(O)cc1)N(C)CCCCCO. The smallest absolute Gasteiger partial charge is 0.115 e. The summed E-state index contributed by atoms with van der Waals surface area (Å²) < 4.78 is 0. The summed E-state index contributed by atoms with van der Waals surface area (Å²) in [5, 5.41) is 18.0. The number of hydrogen-bond acceptors (Lipinski definition) is 3. The highest BCUT2D eigenvalue weighted by molar-refractivity contribution is 5.26. The molecular formula is C15H25NO2. The summed E-state index contributed by atoms with van der Waals surface area (Å²) in [6.07, 6.45) is 4.13. The lowest BCUT2D eigenvalue weighted by Crippen LogP contribution is -2.31. The normalized spacial score (nSPS) is 12.9. The molecule has 0 spiro atoms. The van der Waals surface area contributed by atoms with E-state index in [1.807, 2.05) is 12.1 Å². The Morgan fingerprint density at radius 2 is 1.78 bits per heavy atom. The van der Waals surface area contributed by atoms with Gasteiger partial charge in [0.25, 0.3) is 0 Å². The number of likely N-dealkylation sites (N-methyl/N-ethyl adjacent to an activating group) is 1. The Balaban J connectivity index is 2.30. The first-order valence-corrected chi connectivity index (χ1v) is 6.72. The molecular weight excluding hydrogens is 226 g/mol. The maximum atomic E-state index is 9.24. The second-order valence-electron chi connectivity index (χ2n) is 4.98. The van der Waals surface area contributed by atoms with Crippen molar-refractivity contribution in [1.29, 1.82) is 0 Å². The summed E-state index contributed by atoms with van der Waals surface area (Å²) in [7, 11) is 2.14. The molecule has 0 bridgehead atoms. The zero-order valence-corrected chi connectivity index (χ0v) is 11.5. The van der Waals surface area contributed by atoms with Crippen LogP contribution in [-0.2, 0) is 6.42 Å². The van der Waals surface area contributed by atoms with Gasteiger partial charge in [0, 0.05) is 12.6 Å². The molecule has 0 amide bonds. The number of hydrogen-bond donors (Lipinski definition) is 2. The quantitative estimate of drug-likeness (QED) is 0.697. The third kappa shape index (κ3) is 5.52. The number of aliphatic hydroxyl groups excluding tert-OH is 1. The molecule has 0 aliphatic rings. The lowest BCUT2D eigenvalue weighted by Gasteiger charge is -2.24. The molecule has 0 aliphatic heterocycles. The lowest BCUT2D eigenvalue weighted by atomic mass is 10.1. The molecule has 18 heavy (non-hydrogen) atoms. The molecule has 3 heteroatoms. The molecule has 1 unspecified atom stereocenters. The molecule has 1 aromatic rings. The molecule has 2 N–H and O–H groups in total. The number of unbranched alkanes of at least 4 members (excludes halogenated alkanes) is 2. The van der Waals surface area contributed by atoms with Crippen LogP contribution >= 0.6 is 0 Å². The lowest BCUT2D eigenvalue weighted by molar-refractivity contribution is 0.241. The van der Waals surface area contributed by atoms with Crippen molar-refractivity contribution in [2.24, 2.45) is 0 Å². The molecule has 0 radical (unpaired) electrons. The molecule has 0 heterocycles. The van der Waals surface area contributed by atoms with E-state index in [1.165, 1.54) is 5.56 Å². The van der Waals surface area contributed by atoms with Gasteiger partial charge in [-0.1, -0.05) is 12.1 Å². The van der Waals surface area contributed by atoms with Crippen molar-refractivity contribution < 1.29 is 10.2 Å². The average molecular weight is 251 g/mol. The Hall–Kier alpha value is -1.06. The topological polar surface area (TPSA) is 43.7 Å². The predicted octanol–water partition coefficient (Wildman–Crippen LogP) is 2.42. The Bertz CT molecular complexity index is 324. The first-order valence-electron chi connectivity index (χ1n) is 6.72. The summed E-state index contributed by atoms with van der Waals surface area (Å²) in [6.45, 7) is 3.59. The van der Waals surface area contributed by atoms with E-state index >= 15 is 0 Å². The van der Waals surface area contributed by atoms with Crippen LogP contribution in [0.25, 0.3) is 0 Å². The van der Waals surface area contributed by atoms with E-state index in [0.29, 0.717) is 18.4 Å². The first kappa shape index (κ1) is 15.0. The fraction of sp³-hybridized carbons (Fsp3) is 0.600. The fourth-order valence-corrected chi connectivity index (χ4v) is 2.00. The summed E-state index contributed by atoms with van der Waals surface area (Å²) in [6, 6.07) is 7.92. The van der Waals surface area contributed by atoms with Gasteiger partial charge in [0.1, 0.15) is 5.75 Å². The van der Waals surface area contributed by atoms with Gasteiger partial charge in [-0.25, -0.2) is 0 Å². The van der Waals surface area contributed by atoms with Crippen molar-refractivity contribution in [3.05, 3.63) is 29.8 Å². The number of rotatable bonds is 8. The van der Waals surface area contributed by atoms with E-state index in [2.05, 4.69) is 18.9 Å². The molecule has 1 atom stereocenters. The average Bonchev–Trinajstić information content (AvgIpc) is 2.37. The Morgan fingerprint density at radius 1 is 1.11 bits per heavy atom. The van der Waals surface area contributed by atoms with Crippen molar-refractivity contribution in [3.63, 3.8) is 0 Å². The third-order valence-corrected chi connectivity index (χ3v) is 3.39. The highest BCUT2D eigenvalue weighted by Crippen LogP contribution is 2.13. The molecule has 0 aliphatic carbocycles. The number of aliphatic hydroxyl groups is 1. The Kier molecular flexibility index (Phi) is 6.76. The minimum absolute atomic E-state index is 0.298. The maximum absolute atomic E-state index is 9.24. The fourth-order valence-electron chi connectivity index (χ4n) is 2.00. The number of phenols is 1. The van der Waals surface area contributed by atoms with Crippen LogP contribution in [0.5, 0.6) is 5.75 Å². The monoisotopic (exact) mass is 251 g/mol. The number of phenolic OH excluding ortho intramolecular Hbond substituents is 1. The highest BCUT2D eigenvalue weighted by Gasteiger charge is 2.09. The van der Waals surface area contributed by atoms with Crippen LogP contribution in [0.15, 0.2) is 24.3 Å². The van der Waals surface area contributed by atoms with E-state index in [1.54, 1.807) is 12.1 Å². The van der Waals surface area contributed by atoms with Crippen LogP contribution in [0.4, 0.5) is 0 Å². The molecule has 3 nitrogen and oxygen atoms in total. The van der Waals surface area contributed by atoms with Crippen molar-refractivity contribution in [3.8, 4) is 5.75 Å². The minimum Gasteiger partial charge on any atom is -0.508 e. The van der Waals surface area contributed by atoms with Gasteiger partial charge in [-0.15, -0.1) is 0 Å². The molecule has 1 aromatic carbocycles. The number of benzene rings is 1. The van der Waals surface area contributed by atoms with Gasteiger partial charge >= 0.3 is 0 Å². The molecule has 1 rings (SSSR count). The van der Waals surface area contributed by atoms with Gasteiger partial charge in [-0.05, 0) is 63.9 Å². The second kappa shape index (κ2) is 8.11. The van der Waals surface area contributed by atoms with Crippen LogP contribution in [0, 0.1) is 0 Å². The molecule has 102 valence electrons. The van der Waals surface area contributed by atoms with Gasteiger partial charge in [-0.3, -0.25) is 0 Å². The summed E-state index contributed by atoms with van der Waals surface area (Å²) in [5.74, 6) is 0.323. The van der Waals surface area contributed by atoms with Crippen molar-refractivity contribution in [2.45, 2.75) is 38.6 Å². The predicted molar refractivity (Wildman–Crippen MR) is 74.8 cm³/mol. The van der Waals surface area contributed by atoms with E-state index in [0.717, 1.165) is 32.2 Å². The molecule has 0 fully saturated rings. The van der Waals surface area contributed by atoms with Crippen molar-refractivity contribution in [2.75, 3.05) is 20.2 Å². The van der Waals surface area contributed by atoms with E-state index in [9.17, 15) is 5.11 Å². The van der Waals surface area contributed by atoms with Gasteiger partial charge in [0.15, 0.2) is 0 Å². The van der Waals surface area contributed by atoms with E-state index < -0.39 is 0 Å². The third-order valence-electron chi connectivity index (χ3n) is 3.39. The largest absolute Gasteiger partial charge is 0.508 e. The van der Waals surface area contributed by atoms with Gasteiger partial charge < -0.3 is 15.1 Å². The van der Waals surface area contributed by atoms with Crippen molar-refractivity contribution >= 4 is 0 Å². The van der Waals surface area contributed by atoms with E-state index in [4.69, 9.17) is 5.11 Å². The summed E-state index contributed by atoms with van der Waals surface area (Å²) in [5.41, 5.74) is 1.25. The number of nitrogens with zero attached hydrogens (tertiary/aromatic N) is 1. The minimum atomic E-state index is 0.298. The summed E-state index contributed by atoms with van der Waals surface area (Å²) in [4.78, 5) is 2.35. The second-order valence-corrected chi connectivity index (χ2v) is 4.98. The van der Waals surface area contributed by atoms with E-state index in [-0.39, 0.29) is 0 Å². The molecule has 0 saturated carbocycles. The molecule has 0 saturated heterocycles. The summed E-state index contributed by atoms with van der Waals surface area (Å²) >= 11 is 0. The highest BCUT2D eigenvalue weighted by atomic mass is 16.3. The van der Waals surface area contributed by atoms with Crippen LogP contribution in [0.3, 0.4) is 0 Å². The standard InChI is InChI=1S/C15H25NO2/c1-13(16(2)10-4-3-5-11-17)12-14-6-8-15(18)9-7-14/h6-9,13,17-18H,3-5,10-12H2,1-2H3. The van der Waals surface area contributed by atoms with Crippen LogP contribution in [-0.4, -0.2) is 41.4 Å². The van der Waals surface area contributed by atoms with Crippen molar-refractivity contribution in [1.82, 2.24) is 4.90 Å². The van der Waals surface area contributed by atoms with Crippen LogP contribution in [0.1, 0.15) is 31.7 Å². The Labute approximate surface area is 110 Å². The zero-order valence-electron chi connectivity index (χ0n) is 11.5. The first-order chi connectivity index (χ1) is 8.63.